The number of rotatable bonds is 7. The van der Waals surface area contributed by atoms with Crippen LogP contribution in [0.4, 0.5) is 0 Å². The lowest BCUT2D eigenvalue weighted by atomic mass is 10.1. The van der Waals surface area contributed by atoms with Gasteiger partial charge in [0, 0.05) is 44.7 Å². The van der Waals surface area contributed by atoms with Crippen LogP contribution in [0.1, 0.15) is 23.0 Å². The summed E-state index contributed by atoms with van der Waals surface area (Å²) < 4.78 is 9.11. The van der Waals surface area contributed by atoms with Crippen molar-refractivity contribution in [2.45, 2.75) is 20.0 Å². The number of carbonyl (C=O) groups is 1. The number of ether oxygens (including phenoxy) is 1. The SMILES string of the molecule is CCn1c(Cl)nc2cc(C(=O)N(CCOC)Cc3cccn3C)ccc21. The van der Waals surface area contributed by atoms with Gasteiger partial charge < -0.3 is 18.8 Å². The van der Waals surface area contributed by atoms with Gasteiger partial charge in [0.05, 0.1) is 24.2 Å². The Kier molecular flexibility index (Phi) is 5.64. The van der Waals surface area contributed by atoms with Gasteiger partial charge in [0.15, 0.2) is 0 Å². The van der Waals surface area contributed by atoms with Crippen molar-refractivity contribution in [1.82, 2.24) is 19.0 Å². The van der Waals surface area contributed by atoms with Gasteiger partial charge in [-0.25, -0.2) is 4.98 Å². The van der Waals surface area contributed by atoms with E-state index in [2.05, 4.69) is 4.98 Å². The summed E-state index contributed by atoms with van der Waals surface area (Å²) in [5.74, 6) is -0.0488. The van der Waals surface area contributed by atoms with E-state index < -0.39 is 0 Å². The van der Waals surface area contributed by atoms with Crippen molar-refractivity contribution in [3.63, 3.8) is 0 Å². The number of aromatic nitrogens is 3. The third-order valence-corrected chi connectivity index (χ3v) is 4.81. The molecule has 0 spiro atoms. The molecule has 2 aromatic heterocycles. The Labute approximate surface area is 157 Å². The number of nitrogens with zero attached hydrogens (tertiary/aromatic N) is 4. The van der Waals surface area contributed by atoms with Crippen molar-refractivity contribution >= 4 is 28.5 Å². The molecule has 3 aromatic rings. The van der Waals surface area contributed by atoms with Crippen molar-refractivity contribution < 1.29 is 9.53 Å². The molecule has 0 radical (unpaired) electrons. The fourth-order valence-electron chi connectivity index (χ4n) is 3.03. The molecule has 7 heteroatoms. The Hall–Kier alpha value is -2.31. The Morgan fingerprint density at radius 3 is 2.81 bits per heavy atom. The van der Waals surface area contributed by atoms with Gasteiger partial charge in [-0.3, -0.25) is 4.79 Å². The molecule has 0 aliphatic carbocycles. The van der Waals surface area contributed by atoms with E-state index in [0.717, 1.165) is 23.3 Å². The van der Waals surface area contributed by atoms with Gasteiger partial charge in [0.25, 0.3) is 5.91 Å². The first-order valence-electron chi connectivity index (χ1n) is 8.59. The topological polar surface area (TPSA) is 52.3 Å². The number of hydrogen-bond donors (Lipinski definition) is 0. The van der Waals surface area contributed by atoms with Crippen LogP contribution in [0.25, 0.3) is 11.0 Å². The largest absolute Gasteiger partial charge is 0.383 e. The predicted molar refractivity (Wildman–Crippen MR) is 102 cm³/mol. The summed E-state index contributed by atoms with van der Waals surface area (Å²) in [6, 6.07) is 9.53. The molecule has 0 aliphatic rings. The molecule has 0 atom stereocenters. The van der Waals surface area contributed by atoms with Crippen LogP contribution in [0.3, 0.4) is 0 Å². The summed E-state index contributed by atoms with van der Waals surface area (Å²) >= 11 is 6.18. The minimum atomic E-state index is -0.0488. The molecule has 0 saturated carbocycles. The highest BCUT2D eigenvalue weighted by molar-refractivity contribution is 6.29. The Morgan fingerprint density at radius 2 is 2.15 bits per heavy atom. The lowest BCUT2D eigenvalue weighted by Gasteiger charge is -2.23. The lowest BCUT2D eigenvalue weighted by molar-refractivity contribution is 0.0676. The van der Waals surface area contributed by atoms with Crippen molar-refractivity contribution in [2.75, 3.05) is 20.3 Å². The van der Waals surface area contributed by atoms with Crippen molar-refractivity contribution in [1.29, 1.82) is 0 Å². The van der Waals surface area contributed by atoms with Crippen molar-refractivity contribution in [2.24, 2.45) is 7.05 Å². The Bertz CT molecular complexity index is 916. The molecule has 0 fully saturated rings. The third-order valence-electron chi connectivity index (χ3n) is 4.52. The second-order valence-corrected chi connectivity index (χ2v) is 6.50. The first kappa shape index (κ1) is 18.5. The number of amides is 1. The summed E-state index contributed by atoms with van der Waals surface area (Å²) in [5.41, 5.74) is 3.32. The zero-order valence-electron chi connectivity index (χ0n) is 15.3. The summed E-state index contributed by atoms with van der Waals surface area (Å²) in [5, 5.41) is 0.437. The van der Waals surface area contributed by atoms with Crippen LogP contribution < -0.4 is 0 Å². The maximum absolute atomic E-state index is 13.1. The number of carbonyl (C=O) groups excluding carboxylic acids is 1. The molecule has 1 aromatic carbocycles. The molecule has 2 heterocycles. The van der Waals surface area contributed by atoms with Crippen LogP contribution >= 0.6 is 11.6 Å². The molecule has 6 nitrogen and oxygen atoms in total. The average Bonchev–Trinajstić information content (AvgIpc) is 3.18. The molecule has 1 amide bonds. The molecular weight excluding hydrogens is 352 g/mol. The van der Waals surface area contributed by atoms with Crippen LogP contribution in [0.2, 0.25) is 5.28 Å². The second kappa shape index (κ2) is 7.93. The van der Waals surface area contributed by atoms with E-state index >= 15 is 0 Å². The molecule has 26 heavy (non-hydrogen) atoms. The molecule has 0 saturated heterocycles. The highest BCUT2D eigenvalue weighted by Crippen LogP contribution is 2.22. The van der Waals surface area contributed by atoms with E-state index in [1.807, 2.05) is 53.6 Å². The highest BCUT2D eigenvalue weighted by atomic mass is 35.5. The number of halogens is 1. The lowest BCUT2D eigenvalue weighted by Crippen LogP contribution is -2.34. The van der Waals surface area contributed by atoms with Crippen LogP contribution in [0, 0.1) is 0 Å². The van der Waals surface area contributed by atoms with Gasteiger partial charge >= 0.3 is 0 Å². The summed E-state index contributed by atoms with van der Waals surface area (Å²) in [6.45, 7) is 4.26. The Balaban J connectivity index is 1.90. The minimum Gasteiger partial charge on any atom is -0.383 e. The summed E-state index contributed by atoms with van der Waals surface area (Å²) in [7, 11) is 3.61. The first-order chi connectivity index (χ1) is 12.5. The van der Waals surface area contributed by atoms with Gasteiger partial charge in [-0.1, -0.05) is 0 Å². The van der Waals surface area contributed by atoms with Crippen molar-refractivity contribution in [3.05, 3.63) is 53.1 Å². The Morgan fingerprint density at radius 1 is 1.35 bits per heavy atom. The van der Waals surface area contributed by atoms with Crippen LogP contribution in [-0.4, -0.2) is 45.2 Å². The first-order valence-corrected chi connectivity index (χ1v) is 8.97. The van der Waals surface area contributed by atoms with E-state index in [0.29, 0.717) is 30.5 Å². The standard InChI is InChI=1S/C19H23ClN4O2/c1-4-24-17-8-7-14(12-16(17)21-19(24)20)18(25)23(10-11-26-3)13-15-6-5-9-22(15)2/h5-9,12H,4,10-11,13H2,1-3H3. The molecule has 0 aliphatic heterocycles. The van der Waals surface area contributed by atoms with Crippen LogP contribution in [-0.2, 0) is 24.9 Å². The van der Waals surface area contributed by atoms with E-state index in [9.17, 15) is 4.79 Å². The van der Waals surface area contributed by atoms with Crippen LogP contribution in [0.15, 0.2) is 36.5 Å². The fourth-order valence-corrected chi connectivity index (χ4v) is 3.33. The third kappa shape index (κ3) is 3.61. The smallest absolute Gasteiger partial charge is 0.254 e. The van der Waals surface area contributed by atoms with E-state index in [1.165, 1.54) is 0 Å². The number of fused-ring (bicyclic) bond motifs is 1. The van der Waals surface area contributed by atoms with Crippen LogP contribution in [0.5, 0.6) is 0 Å². The fraction of sp³-hybridized carbons (Fsp3) is 0.368. The van der Waals surface area contributed by atoms with E-state index in [1.54, 1.807) is 18.1 Å². The monoisotopic (exact) mass is 374 g/mol. The number of hydrogen-bond acceptors (Lipinski definition) is 3. The maximum Gasteiger partial charge on any atom is 0.254 e. The van der Waals surface area contributed by atoms with Gasteiger partial charge in [-0.2, -0.15) is 0 Å². The molecule has 0 bridgehead atoms. The van der Waals surface area contributed by atoms with Gasteiger partial charge in [0.1, 0.15) is 0 Å². The minimum absolute atomic E-state index is 0.0488. The molecule has 0 unspecified atom stereocenters. The summed E-state index contributed by atoms with van der Waals surface area (Å²) in [4.78, 5) is 19.2. The van der Waals surface area contributed by atoms with Gasteiger partial charge in [0.2, 0.25) is 5.28 Å². The normalized spacial score (nSPS) is 11.2. The molecule has 138 valence electrons. The zero-order chi connectivity index (χ0) is 18.7. The zero-order valence-corrected chi connectivity index (χ0v) is 16.0. The predicted octanol–water partition coefficient (Wildman–Crippen LogP) is 3.34. The van der Waals surface area contributed by atoms with Gasteiger partial charge in [-0.15, -0.1) is 0 Å². The van der Waals surface area contributed by atoms with Crippen molar-refractivity contribution in [3.8, 4) is 0 Å². The number of aryl methyl sites for hydroxylation is 2. The average molecular weight is 375 g/mol. The number of imidazole rings is 1. The van der Waals surface area contributed by atoms with E-state index in [-0.39, 0.29) is 5.91 Å². The van der Waals surface area contributed by atoms with Gasteiger partial charge in [-0.05, 0) is 48.9 Å². The highest BCUT2D eigenvalue weighted by Gasteiger charge is 2.19. The summed E-state index contributed by atoms with van der Waals surface area (Å²) in [6.07, 6.45) is 1.97. The molecule has 0 N–H and O–H groups in total. The quantitative estimate of drug-likeness (QED) is 0.637. The second-order valence-electron chi connectivity index (χ2n) is 6.16. The van der Waals surface area contributed by atoms with E-state index in [4.69, 9.17) is 16.3 Å². The maximum atomic E-state index is 13.1. The molecule has 3 rings (SSSR count). The molecular formula is C19H23ClN4O2. The number of methoxy groups -OCH3 is 1. The number of benzene rings is 1.